The number of hydrogen-bond acceptors (Lipinski definition) is 6. The Morgan fingerprint density at radius 1 is 1.52 bits per heavy atom. The molecule has 0 heterocycles. The monoisotopic (exact) mass is 300 g/mol. The van der Waals surface area contributed by atoms with Crippen LogP contribution in [0.4, 0.5) is 10.1 Å². The van der Waals surface area contributed by atoms with Crippen LogP contribution >= 0.6 is 0 Å². The number of nitro benzene ring substituents is 1. The summed E-state index contributed by atoms with van der Waals surface area (Å²) in [5, 5.41) is 19.9. The van der Waals surface area contributed by atoms with E-state index in [1.165, 1.54) is 0 Å². The number of carbonyl (C=O) groups excluding carboxylic acids is 1. The molecule has 0 aliphatic rings. The molecule has 0 spiro atoms. The SMILES string of the molecule is CC(C)(C)OC(=O)C(N)Cc1cc(F)c(O)c([N+](=O)[O-])c1. The molecule has 0 aromatic heterocycles. The molecule has 0 fully saturated rings. The number of phenolic OH excluding ortho intramolecular Hbond substituents is 1. The molecule has 0 aliphatic heterocycles. The highest BCUT2D eigenvalue weighted by Gasteiger charge is 2.25. The molecule has 0 saturated carbocycles. The van der Waals surface area contributed by atoms with E-state index < -0.39 is 39.8 Å². The van der Waals surface area contributed by atoms with Crippen LogP contribution in [0.25, 0.3) is 0 Å². The van der Waals surface area contributed by atoms with Crippen molar-refractivity contribution in [3.8, 4) is 5.75 Å². The molecule has 1 atom stereocenters. The lowest BCUT2D eigenvalue weighted by Crippen LogP contribution is -2.38. The van der Waals surface area contributed by atoms with Gasteiger partial charge in [-0.15, -0.1) is 0 Å². The van der Waals surface area contributed by atoms with E-state index in [9.17, 15) is 24.4 Å². The average molecular weight is 300 g/mol. The van der Waals surface area contributed by atoms with Crippen LogP contribution < -0.4 is 5.73 Å². The van der Waals surface area contributed by atoms with Gasteiger partial charge in [0.1, 0.15) is 11.6 Å². The summed E-state index contributed by atoms with van der Waals surface area (Å²) in [6.45, 7) is 5.01. The van der Waals surface area contributed by atoms with E-state index in [4.69, 9.17) is 10.5 Å². The number of nitro groups is 1. The number of rotatable bonds is 4. The molecule has 0 radical (unpaired) electrons. The van der Waals surface area contributed by atoms with E-state index in [-0.39, 0.29) is 12.0 Å². The zero-order valence-corrected chi connectivity index (χ0v) is 11.9. The van der Waals surface area contributed by atoms with Crippen LogP contribution in [0.3, 0.4) is 0 Å². The number of nitrogens with two attached hydrogens (primary N) is 1. The fourth-order valence-corrected chi connectivity index (χ4v) is 1.61. The predicted molar refractivity (Wildman–Crippen MR) is 72.2 cm³/mol. The third kappa shape index (κ3) is 4.67. The Morgan fingerprint density at radius 3 is 2.57 bits per heavy atom. The first-order valence-electron chi connectivity index (χ1n) is 6.15. The number of carbonyl (C=O) groups is 1. The molecule has 1 aromatic carbocycles. The lowest BCUT2D eigenvalue weighted by molar-refractivity contribution is -0.386. The van der Waals surface area contributed by atoms with Crippen molar-refractivity contribution >= 4 is 11.7 Å². The van der Waals surface area contributed by atoms with Crippen LogP contribution in [0.1, 0.15) is 26.3 Å². The number of halogens is 1. The topological polar surface area (TPSA) is 116 Å². The summed E-state index contributed by atoms with van der Waals surface area (Å²) in [7, 11) is 0. The molecule has 1 rings (SSSR count). The molecule has 0 aliphatic carbocycles. The van der Waals surface area contributed by atoms with E-state index in [0.717, 1.165) is 12.1 Å². The van der Waals surface area contributed by atoms with Crippen molar-refractivity contribution in [2.75, 3.05) is 0 Å². The Balaban J connectivity index is 2.93. The van der Waals surface area contributed by atoms with Gasteiger partial charge in [-0.1, -0.05) is 0 Å². The summed E-state index contributed by atoms with van der Waals surface area (Å²) < 4.78 is 18.5. The highest BCUT2D eigenvalue weighted by Crippen LogP contribution is 2.30. The molecule has 116 valence electrons. The number of nitrogens with zero attached hydrogens (tertiary/aromatic N) is 1. The van der Waals surface area contributed by atoms with E-state index in [0.29, 0.717) is 0 Å². The number of benzene rings is 1. The van der Waals surface area contributed by atoms with Gasteiger partial charge in [-0.05, 0) is 38.8 Å². The Kier molecular flexibility index (Phi) is 4.84. The lowest BCUT2D eigenvalue weighted by atomic mass is 10.0. The maximum Gasteiger partial charge on any atom is 0.323 e. The zero-order chi connectivity index (χ0) is 16.4. The lowest BCUT2D eigenvalue weighted by Gasteiger charge is -2.22. The van der Waals surface area contributed by atoms with Crippen LogP contribution in [0.15, 0.2) is 12.1 Å². The van der Waals surface area contributed by atoms with Gasteiger partial charge in [-0.3, -0.25) is 14.9 Å². The summed E-state index contributed by atoms with van der Waals surface area (Å²) >= 11 is 0. The number of phenols is 1. The van der Waals surface area contributed by atoms with Crippen molar-refractivity contribution in [1.82, 2.24) is 0 Å². The molecule has 1 unspecified atom stereocenters. The summed E-state index contributed by atoms with van der Waals surface area (Å²) in [6, 6.07) is 0.780. The minimum absolute atomic E-state index is 0.121. The second-order valence-electron chi connectivity index (χ2n) is 5.55. The van der Waals surface area contributed by atoms with E-state index in [1.54, 1.807) is 20.8 Å². The summed E-state index contributed by atoms with van der Waals surface area (Å²) in [6.07, 6.45) is -0.146. The van der Waals surface area contributed by atoms with Gasteiger partial charge in [0, 0.05) is 6.07 Å². The van der Waals surface area contributed by atoms with Crippen LogP contribution in [0.5, 0.6) is 5.75 Å². The smallest absolute Gasteiger partial charge is 0.323 e. The summed E-state index contributed by atoms with van der Waals surface area (Å²) in [5.74, 6) is -2.89. The maximum absolute atomic E-state index is 13.4. The Labute approximate surface area is 120 Å². The number of esters is 1. The number of ether oxygens (including phenoxy) is 1. The van der Waals surface area contributed by atoms with Crippen molar-refractivity contribution in [2.24, 2.45) is 5.73 Å². The van der Waals surface area contributed by atoms with Crippen molar-refractivity contribution in [2.45, 2.75) is 38.8 Å². The van der Waals surface area contributed by atoms with Gasteiger partial charge < -0.3 is 15.6 Å². The van der Waals surface area contributed by atoms with Gasteiger partial charge in [0.2, 0.25) is 5.75 Å². The molecule has 7 nitrogen and oxygen atoms in total. The molecule has 1 aromatic rings. The fourth-order valence-electron chi connectivity index (χ4n) is 1.61. The molecule has 21 heavy (non-hydrogen) atoms. The maximum atomic E-state index is 13.4. The van der Waals surface area contributed by atoms with Gasteiger partial charge in [0.25, 0.3) is 0 Å². The minimum Gasteiger partial charge on any atom is -0.500 e. The van der Waals surface area contributed by atoms with Crippen molar-refractivity contribution in [1.29, 1.82) is 0 Å². The largest absolute Gasteiger partial charge is 0.500 e. The van der Waals surface area contributed by atoms with E-state index >= 15 is 0 Å². The highest BCUT2D eigenvalue weighted by molar-refractivity contribution is 5.76. The molecular formula is C13H17FN2O5. The third-order valence-corrected chi connectivity index (χ3v) is 2.46. The second-order valence-corrected chi connectivity index (χ2v) is 5.55. The standard InChI is InChI=1S/C13H17FN2O5/c1-13(2,3)21-12(18)9(15)5-7-4-8(14)11(17)10(6-7)16(19)20/h4,6,9,17H,5,15H2,1-3H3. The first kappa shape index (κ1) is 16.8. The normalized spacial score (nSPS) is 12.8. The fraction of sp³-hybridized carbons (Fsp3) is 0.462. The zero-order valence-electron chi connectivity index (χ0n) is 11.9. The van der Waals surface area contributed by atoms with Crippen LogP contribution in [0, 0.1) is 15.9 Å². The first-order chi connectivity index (χ1) is 9.51. The van der Waals surface area contributed by atoms with Gasteiger partial charge in [-0.2, -0.15) is 0 Å². The second kappa shape index (κ2) is 6.04. The highest BCUT2D eigenvalue weighted by atomic mass is 19.1. The van der Waals surface area contributed by atoms with Crippen LogP contribution in [-0.4, -0.2) is 27.6 Å². The number of hydrogen-bond donors (Lipinski definition) is 2. The Hall–Kier alpha value is -2.22. The minimum atomic E-state index is -1.14. The molecule has 0 saturated heterocycles. The third-order valence-electron chi connectivity index (χ3n) is 2.46. The molecule has 8 heteroatoms. The van der Waals surface area contributed by atoms with Gasteiger partial charge >= 0.3 is 11.7 Å². The van der Waals surface area contributed by atoms with Crippen LogP contribution in [0.2, 0.25) is 0 Å². The van der Waals surface area contributed by atoms with Crippen molar-refractivity contribution in [3.63, 3.8) is 0 Å². The van der Waals surface area contributed by atoms with Gasteiger partial charge in [0.15, 0.2) is 5.82 Å². The Morgan fingerprint density at radius 2 is 2.10 bits per heavy atom. The van der Waals surface area contributed by atoms with Crippen molar-refractivity contribution < 1.29 is 24.0 Å². The first-order valence-corrected chi connectivity index (χ1v) is 6.15. The van der Waals surface area contributed by atoms with E-state index in [1.807, 2.05) is 0 Å². The van der Waals surface area contributed by atoms with Crippen LogP contribution in [-0.2, 0) is 16.0 Å². The molecule has 0 amide bonds. The van der Waals surface area contributed by atoms with Gasteiger partial charge in [0.05, 0.1) is 4.92 Å². The number of aromatic hydroxyl groups is 1. The quantitative estimate of drug-likeness (QED) is 0.496. The summed E-state index contributed by atoms with van der Waals surface area (Å²) in [4.78, 5) is 21.5. The molecule has 3 N–H and O–H groups in total. The Bertz CT molecular complexity index is 568. The van der Waals surface area contributed by atoms with Gasteiger partial charge in [-0.25, -0.2) is 4.39 Å². The average Bonchev–Trinajstić information content (AvgIpc) is 2.30. The van der Waals surface area contributed by atoms with Crippen molar-refractivity contribution in [3.05, 3.63) is 33.6 Å². The predicted octanol–water partition coefficient (Wildman–Crippen LogP) is 1.65. The molecule has 0 bridgehead atoms. The molecular weight excluding hydrogens is 283 g/mol. The summed E-state index contributed by atoms with van der Waals surface area (Å²) in [5.41, 5.74) is 4.26. The van der Waals surface area contributed by atoms with E-state index in [2.05, 4.69) is 0 Å².